The number of carbonyl (C=O) groups excluding carboxylic acids is 2. The van der Waals surface area contributed by atoms with E-state index in [-0.39, 0.29) is 18.4 Å². The van der Waals surface area contributed by atoms with Crippen LogP contribution in [0.4, 0.5) is 10.8 Å². The van der Waals surface area contributed by atoms with E-state index in [1.54, 1.807) is 36.4 Å². The van der Waals surface area contributed by atoms with E-state index >= 15 is 0 Å². The molecule has 26 heavy (non-hydrogen) atoms. The molecule has 0 saturated heterocycles. The number of hydrogen-bond acceptors (Lipinski definition) is 5. The van der Waals surface area contributed by atoms with Crippen LogP contribution < -0.4 is 15.4 Å². The van der Waals surface area contributed by atoms with Crippen LogP contribution in [0.2, 0.25) is 10.0 Å². The summed E-state index contributed by atoms with van der Waals surface area (Å²) in [5.74, 6) is -0.0575. The van der Waals surface area contributed by atoms with Gasteiger partial charge < -0.3 is 10.1 Å². The Labute approximate surface area is 163 Å². The number of fused-ring (bicyclic) bond motifs is 1. The topological polar surface area (TPSA) is 80.3 Å². The third kappa shape index (κ3) is 4.63. The molecule has 0 aliphatic heterocycles. The largest absolute Gasteiger partial charge is 0.484 e. The second-order valence-corrected chi connectivity index (χ2v) is 7.14. The number of rotatable bonds is 5. The first-order valence-corrected chi connectivity index (χ1v) is 9.04. The Morgan fingerprint density at radius 1 is 1.12 bits per heavy atom. The Bertz CT molecular complexity index is 991. The highest BCUT2D eigenvalue weighted by molar-refractivity contribution is 7.22. The predicted molar refractivity (Wildman–Crippen MR) is 105 cm³/mol. The number of hydrogen-bond donors (Lipinski definition) is 2. The van der Waals surface area contributed by atoms with E-state index in [0.29, 0.717) is 26.6 Å². The molecule has 2 amide bonds. The summed E-state index contributed by atoms with van der Waals surface area (Å²) >= 11 is 13.0. The van der Waals surface area contributed by atoms with Crippen LogP contribution >= 0.6 is 34.5 Å². The molecule has 1 aromatic heterocycles. The van der Waals surface area contributed by atoms with Gasteiger partial charge in [0.2, 0.25) is 5.91 Å². The second-order valence-electron chi connectivity index (χ2n) is 5.30. The number of thiazole rings is 1. The smallest absolute Gasteiger partial charge is 0.264 e. The van der Waals surface area contributed by atoms with Crippen molar-refractivity contribution in [2.45, 2.75) is 6.92 Å². The molecule has 6 nitrogen and oxygen atoms in total. The fourth-order valence-corrected chi connectivity index (χ4v) is 3.34. The van der Waals surface area contributed by atoms with Crippen molar-refractivity contribution in [3.8, 4) is 5.75 Å². The summed E-state index contributed by atoms with van der Waals surface area (Å²) in [6.07, 6.45) is 0. The molecule has 0 saturated carbocycles. The van der Waals surface area contributed by atoms with Crippen LogP contribution in [0.15, 0.2) is 36.4 Å². The Morgan fingerprint density at radius 3 is 2.65 bits per heavy atom. The van der Waals surface area contributed by atoms with Crippen LogP contribution in [0.5, 0.6) is 5.75 Å². The lowest BCUT2D eigenvalue weighted by Crippen LogP contribution is -2.19. The number of ether oxygens (including phenoxy) is 1. The van der Waals surface area contributed by atoms with Crippen LogP contribution in [-0.2, 0) is 9.59 Å². The summed E-state index contributed by atoms with van der Waals surface area (Å²) in [5, 5.41) is 6.60. The number of anilines is 2. The van der Waals surface area contributed by atoms with E-state index in [1.165, 1.54) is 18.3 Å². The van der Waals surface area contributed by atoms with Gasteiger partial charge in [0.05, 0.1) is 20.3 Å². The number of amides is 2. The van der Waals surface area contributed by atoms with Crippen molar-refractivity contribution in [2.24, 2.45) is 0 Å². The van der Waals surface area contributed by atoms with E-state index in [9.17, 15) is 9.59 Å². The Balaban J connectivity index is 1.63. The van der Waals surface area contributed by atoms with E-state index in [0.717, 1.165) is 10.2 Å². The molecule has 0 unspecified atom stereocenters. The normalized spacial score (nSPS) is 10.6. The highest BCUT2D eigenvalue weighted by Crippen LogP contribution is 2.29. The molecular formula is C17H13Cl2N3O3S. The zero-order chi connectivity index (χ0) is 18.7. The predicted octanol–water partition coefficient (Wildman–Crippen LogP) is 4.58. The number of nitrogens with zero attached hydrogens (tertiary/aromatic N) is 1. The van der Waals surface area contributed by atoms with Crippen LogP contribution in [0.25, 0.3) is 10.2 Å². The van der Waals surface area contributed by atoms with Crippen molar-refractivity contribution < 1.29 is 14.3 Å². The number of nitrogens with one attached hydrogen (secondary N) is 2. The first-order valence-electron chi connectivity index (χ1n) is 7.46. The Hall–Kier alpha value is -2.35. The molecule has 0 fully saturated rings. The first kappa shape index (κ1) is 18.4. The first-order chi connectivity index (χ1) is 12.4. The van der Waals surface area contributed by atoms with Crippen molar-refractivity contribution in [1.29, 1.82) is 0 Å². The molecule has 2 aromatic carbocycles. The lowest BCUT2D eigenvalue weighted by Gasteiger charge is -2.06. The van der Waals surface area contributed by atoms with Gasteiger partial charge in [0, 0.05) is 18.7 Å². The van der Waals surface area contributed by atoms with Gasteiger partial charge in [-0.2, -0.15) is 0 Å². The molecule has 0 bridgehead atoms. The van der Waals surface area contributed by atoms with Gasteiger partial charge >= 0.3 is 0 Å². The Kier molecular flexibility index (Phi) is 5.61. The molecule has 0 aliphatic carbocycles. The van der Waals surface area contributed by atoms with Gasteiger partial charge in [-0.3, -0.25) is 14.9 Å². The third-order valence-electron chi connectivity index (χ3n) is 3.22. The molecule has 0 aliphatic rings. The molecule has 3 rings (SSSR count). The van der Waals surface area contributed by atoms with Crippen molar-refractivity contribution in [2.75, 3.05) is 17.2 Å². The average molecular weight is 410 g/mol. The highest BCUT2D eigenvalue weighted by Gasteiger charge is 2.10. The van der Waals surface area contributed by atoms with E-state index in [4.69, 9.17) is 27.9 Å². The number of aromatic nitrogens is 1. The SMILES string of the molecule is CC(=O)Nc1ccc2nc(NC(=O)COc3ccc(Cl)c(Cl)c3)sc2c1. The second kappa shape index (κ2) is 7.90. The van der Waals surface area contributed by atoms with Gasteiger partial charge in [-0.25, -0.2) is 4.98 Å². The molecule has 2 N–H and O–H groups in total. The summed E-state index contributed by atoms with van der Waals surface area (Å²) in [6.45, 7) is 1.25. The summed E-state index contributed by atoms with van der Waals surface area (Å²) in [4.78, 5) is 27.5. The summed E-state index contributed by atoms with van der Waals surface area (Å²) in [6, 6.07) is 10.1. The number of carbonyl (C=O) groups is 2. The van der Waals surface area contributed by atoms with Gasteiger partial charge in [-0.15, -0.1) is 0 Å². The summed E-state index contributed by atoms with van der Waals surface area (Å²) in [5.41, 5.74) is 1.40. The van der Waals surface area contributed by atoms with Gasteiger partial charge in [-0.1, -0.05) is 34.5 Å². The van der Waals surface area contributed by atoms with Crippen molar-refractivity contribution in [1.82, 2.24) is 4.98 Å². The minimum absolute atomic E-state index is 0.151. The fraction of sp³-hybridized carbons (Fsp3) is 0.118. The standard InChI is InChI=1S/C17H13Cl2N3O3S/c1-9(23)20-10-2-5-14-15(6-10)26-17(21-14)22-16(24)8-25-11-3-4-12(18)13(19)7-11/h2-7H,8H2,1H3,(H,20,23)(H,21,22,24). The summed E-state index contributed by atoms with van der Waals surface area (Å²) < 4.78 is 6.23. The number of benzene rings is 2. The van der Waals surface area contributed by atoms with E-state index in [1.807, 2.05) is 0 Å². The molecule has 0 atom stereocenters. The minimum atomic E-state index is -0.350. The van der Waals surface area contributed by atoms with E-state index in [2.05, 4.69) is 15.6 Å². The zero-order valence-electron chi connectivity index (χ0n) is 13.5. The molecular weight excluding hydrogens is 397 g/mol. The minimum Gasteiger partial charge on any atom is -0.484 e. The Morgan fingerprint density at radius 2 is 1.92 bits per heavy atom. The van der Waals surface area contributed by atoms with Gasteiger partial charge in [0.25, 0.3) is 5.91 Å². The molecule has 0 radical (unpaired) electrons. The van der Waals surface area contributed by atoms with Crippen molar-refractivity contribution >= 4 is 67.4 Å². The monoisotopic (exact) mass is 409 g/mol. The molecule has 0 spiro atoms. The van der Waals surface area contributed by atoms with Crippen molar-refractivity contribution in [3.63, 3.8) is 0 Å². The zero-order valence-corrected chi connectivity index (χ0v) is 15.8. The maximum atomic E-state index is 12.0. The van der Waals surface area contributed by atoms with Crippen LogP contribution in [-0.4, -0.2) is 23.4 Å². The number of halogens is 2. The maximum absolute atomic E-state index is 12.0. The van der Waals surface area contributed by atoms with Crippen molar-refractivity contribution in [3.05, 3.63) is 46.4 Å². The third-order valence-corrected chi connectivity index (χ3v) is 4.89. The summed E-state index contributed by atoms with van der Waals surface area (Å²) in [7, 11) is 0. The van der Waals surface area contributed by atoms with Crippen LogP contribution in [0.3, 0.4) is 0 Å². The fourth-order valence-electron chi connectivity index (χ4n) is 2.13. The molecule has 9 heteroatoms. The maximum Gasteiger partial charge on any atom is 0.264 e. The van der Waals surface area contributed by atoms with Crippen LogP contribution in [0, 0.1) is 0 Å². The highest BCUT2D eigenvalue weighted by atomic mass is 35.5. The molecule has 134 valence electrons. The lowest BCUT2D eigenvalue weighted by molar-refractivity contribution is -0.118. The molecule has 1 heterocycles. The average Bonchev–Trinajstić information content (AvgIpc) is 2.96. The van der Waals surface area contributed by atoms with Crippen LogP contribution in [0.1, 0.15) is 6.92 Å². The quantitative estimate of drug-likeness (QED) is 0.645. The van der Waals surface area contributed by atoms with Gasteiger partial charge in [0.1, 0.15) is 5.75 Å². The lowest BCUT2D eigenvalue weighted by atomic mass is 10.3. The van der Waals surface area contributed by atoms with E-state index < -0.39 is 0 Å². The van der Waals surface area contributed by atoms with Gasteiger partial charge in [0.15, 0.2) is 11.7 Å². The molecule has 3 aromatic rings. The van der Waals surface area contributed by atoms with Gasteiger partial charge in [-0.05, 0) is 30.3 Å².